The number of rotatable bonds is 6. The molecule has 0 saturated heterocycles. The Morgan fingerprint density at radius 2 is 2.00 bits per heavy atom. The van der Waals surface area contributed by atoms with Crippen LogP contribution in [0.4, 0.5) is 0 Å². The molecule has 0 radical (unpaired) electrons. The van der Waals surface area contributed by atoms with E-state index in [-0.39, 0.29) is 0 Å². The third-order valence-corrected chi connectivity index (χ3v) is 2.48. The van der Waals surface area contributed by atoms with Gasteiger partial charge in [0.25, 0.3) is 0 Å². The highest BCUT2D eigenvalue weighted by atomic mass is 31.2. The highest BCUT2D eigenvalue weighted by molar-refractivity contribution is 7.46. The Labute approximate surface area is 104 Å². The van der Waals surface area contributed by atoms with Crippen molar-refractivity contribution < 1.29 is 28.4 Å². The van der Waals surface area contributed by atoms with Crippen molar-refractivity contribution in [3.8, 4) is 0 Å². The quantitative estimate of drug-likeness (QED) is 0.464. The van der Waals surface area contributed by atoms with Crippen molar-refractivity contribution in [2.45, 2.75) is 6.10 Å². The van der Waals surface area contributed by atoms with Crippen LogP contribution in [0.1, 0.15) is 11.7 Å². The van der Waals surface area contributed by atoms with Crippen LogP contribution in [0.3, 0.4) is 0 Å². The van der Waals surface area contributed by atoms with Crippen LogP contribution >= 0.6 is 7.82 Å². The minimum atomic E-state index is -4.61. The molecule has 0 heterocycles. The van der Waals surface area contributed by atoms with Crippen molar-refractivity contribution >= 4 is 13.8 Å². The predicted octanol–water partition coefficient (Wildman–Crippen LogP) is 1.57. The van der Waals surface area contributed by atoms with Crippen molar-refractivity contribution in [2.75, 3.05) is 6.61 Å². The molecule has 1 aromatic rings. The monoisotopic (exact) mass is 272 g/mol. The molecule has 6 nitrogen and oxygen atoms in total. The Hall–Kier alpha value is -1.46. The smallest absolute Gasteiger partial charge is 0.452 e. The van der Waals surface area contributed by atoms with Crippen LogP contribution in [0.15, 0.2) is 43.0 Å². The number of hydrogen-bond donors (Lipinski definition) is 2. The van der Waals surface area contributed by atoms with E-state index < -0.39 is 26.5 Å². The topological polar surface area (TPSA) is 93.1 Å². The van der Waals surface area contributed by atoms with Gasteiger partial charge < -0.3 is 14.5 Å². The SMILES string of the molecule is C=CC(=O)OC(COP(=O)(O)O)c1ccccc1. The number of hydrogen-bond acceptors (Lipinski definition) is 4. The highest BCUT2D eigenvalue weighted by Gasteiger charge is 2.21. The second-order valence-electron chi connectivity index (χ2n) is 3.33. The van der Waals surface area contributed by atoms with E-state index in [0.29, 0.717) is 5.56 Å². The molecule has 1 rings (SSSR count). The first kappa shape index (κ1) is 14.6. The summed E-state index contributed by atoms with van der Waals surface area (Å²) in [5.41, 5.74) is 0.571. The standard InChI is InChI=1S/C11H13O6P/c1-2-11(12)17-10(8-16-18(13,14)15)9-6-4-3-5-7-9/h2-7,10H,1,8H2,(H2,13,14,15). The van der Waals surface area contributed by atoms with Gasteiger partial charge in [0.15, 0.2) is 6.10 Å². The summed E-state index contributed by atoms with van der Waals surface area (Å²) in [4.78, 5) is 28.4. The fourth-order valence-corrected chi connectivity index (χ4v) is 1.55. The number of carbonyl (C=O) groups is 1. The number of phosphoric ester groups is 1. The van der Waals surface area contributed by atoms with Crippen molar-refractivity contribution in [2.24, 2.45) is 0 Å². The normalized spacial score (nSPS) is 12.8. The van der Waals surface area contributed by atoms with Crippen LogP contribution in [0.2, 0.25) is 0 Å². The van der Waals surface area contributed by atoms with Crippen LogP contribution in [-0.2, 0) is 18.6 Å². The minimum Gasteiger partial charge on any atom is -0.452 e. The fraction of sp³-hybridized carbons (Fsp3) is 0.182. The molecule has 0 fully saturated rings. The maximum atomic E-state index is 11.1. The Bertz CT molecular complexity index is 452. The third-order valence-electron chi connectivity index (χ3n) is 1.99. The number of carbonyl (C=O) groups excluding carboxylic acids is 1. The summed E-state index contributed by atoms with van der Waals surface area (Å²) in [5.74, 6) is -0.696. The summed E-state index contributed by atoms with van der Waals surface area (Å²) in [5, 5.41) is 0. The average molecular weight is 272 g/mol. The van der Waals surface area contributed by atoms with Crippen LogP contribution in [-0.4, -0.2) is 22.4 Å². The lowest BCUT2D eigenvalue weighted by Crippen LogP contribution is -2.14. The van der Waals surface area contributed by atoms with Gasteiger partial charge in [0.1, 0.15) is 0 Å². The molecule has 0 aliphatic heterocycles. The van der Waals surface area contributed by atoms with E-state index in [1.807, 2.05) is 0 Å². The van der Waals surface area contributed by atoms with Gasteiger partial charge in [0.2, 0.25) is 0 Å². The Morgan fingerprint density at radius 3 is 2.50 bits per heavy atom. The van der Waals surface area contributed by atoms with E-state index in [0.717, 1.165) is 6.08 Å². The summed E-state index contributed by atoms with van der Waals surface area (Å²) in [6, 6.07) is 8.50. The summed E-state index contributed by atoms with van der Waals surface area (Å²) in [6.07, 6.45) is 0.0669. The van der Waals surface area contributed by atoms with Gasteiger partial charge in [-0.1, -0.05) is 36.9 Å². The van der Waals surface area contributed by atoms with Gasteiger partial charge >= 0.3 is 13.8 Å². The molecule has 1 unspecified atom stereocenters. The zero-order chi connectivity index (χ0) is 13.6. The number of ether oxygens (including phenoxy) is 1. The first-order valence-corrected chi connectivity index (χ1v) is 6.53. The minimum absolute atomic E-state index is 0.437. The lowest BCUT2D eigenvalue weighted by Gasteiger charge is -2.17. The Balaban J connectivity index is 2.79. The predicted molar refractivity (Wildman–Crippen MR) is 63.5 cm³/mol. The van der Waals surface area contributed by atoms with E-state index >= 15 is 0 Å². The molecule has 1 aromatic carbocycles. The fourth-order valence-electron chi connectivity index (χ4n) is 1.22. The Morgan fingerprint density at radius 1 is 1.39 bits per heavy atom. The van der Waals surface area contributed by atoms with Gasteiger partial charge in [-0.3, -0.25) is 4.52 Å². The third kappa shape index (κ3) is 5.25. The average Bonchev–Trinajstić information content (AvgIpc) is 2.34. The van der Waals surface area contributed by atoms with E-state index in [4.69, 9.17) is 14.5 Å². The molecule has 0 bridgehead atoms. The van der Waals surface area contributed by atoms with Gasteiger partial charge in [-0.15, -0.1) is 0 Å². The zero-order valence-electron chi connectivity index (χ0n) is 9.43. The molecule has 0 aliphatic carbocycles. The molecular formula is C11H13O6P. The van der Waals surface area contributed by atoms with Gasteiger partial charge in [0, 0.05) is 6.08 Å². The van der Waals surface area contributed by atoms with Crippen molar-refractivity contribution in [3.63, 3.8) is 0 Å². The number of esters is 1. The van der Waals surface area contributed by atoms with Crippen LogP contribution in [0.25, 0.3) is 0 Å². The first-order chi connectivity index (χ1) is 8.42. The molecule has 18 heavy (non-hydrogen) atoms. The number of benzene rings is 1. The molecule has 0 aliphatic rings. The maximum absolute atomic E-state index is 11.1. The van der Waals surface area contributed by atoms with Crippen molar-refractivity contribution in [1.82, 2.24) is 0 Å². The second-order valence-corrected chi connectivity index (χ2v) is 4.57. The summed E-state index contributed by atoms with van der Waals surface area (Å²) in [7, 11) is -4.61. The molecule has 1 atom stereocenters. The van der Waals surface area contributed by atoms with Crippen LogP contribution in [0.5, 0.6) is 0 Å². The largest absolute Gasteiger partial charge is 0.469 e. The molecule has 0 spiro atoms. The second kappa shape index (κ2) is 6.47. The van der Waals surface area contributed by atoms with E-state index in [9.17, 15) is 9.36 Å². The van der Waals surface area contributed by atoms with Gasteiger partial charge in [0.05, 0.1) is 6.61 Å². The molecular weight excluding hydrogens is 259 g/mol. The number of phosphoric acid groups is 1. The van der Waals surface area contributed by atoms with E-state index in [1.165, 1.54) is 0 Å². The van der Waals surface area contributed by atoms with Crippen LogP contribution < -0.4 is 0 Å². The Kier molecular flexibility index (Phi) is 5.25. The molecule has 2 N–H and O–H groups in total. The van der Waals surface area contributed by atoms with Gasteiger partial charge in [-0.25, -0.2) is 9.36 Å². The molecule has 7 heteroatoms. The van der Waals surface area contributed by atoms with Crippen molar-refractivity contribution in [1.29, 1.82) is 0 Å². The lowest BCUT2D eigenvalue weighted by atomic mass is 10.1. The first-order valence-electron chi connectivity index (χ1n) is 5.00. The van der Waals surface area contributed by atoms with Gasteiger partial charge in [-0.2, -0.15) is 0 Å². The maximum Gasteiger partial charge on any atom is 0.469 e. The molecule has 0 amide bonds. The lowest BCUT2D eigenvalue weighted by molar-refractivity contribution is -0.145. The summed E-state index contributed by atoms with van der Waals surface area (Å²) >= 11 is 0. The zero-order valence-corrected chi connectivity index (χ0v) is 10.3. The van der Waals surface area contributed by atoms with Crippen molar-refractivity contribution in [3.05, 3.63) is 48.6 Å². The van der Waals surface area contributed by atoms with E-state index in [2.05, 4.69) is 11.1 Å². The summed E-state index contributed by atoms with van der Waals surface area (Å²) < 4.78 is 19.9. The highest BCUT2D eigenvalue weighted by Crippen LogP contribution is 2.37. The molecule has 0 saturated carbocycles. The van der Waals surface area contributed by atoms with Gasteiger partial charge in [-0.05, 0) is 5.56 Å². The van der Waals surface area contributed by atoms with E-state index in [1.54, 1.807) is 30.3 Å². The van der Waals surface area contributed by atoms with Crippen LogP contribution in [0, 0.1) is 0 Å². The molecule has 98 valence electrons. The summed E-state index contributed by atoms with van der Waals surface area (Å²) in [6.45, 7) is 2.81. The molecule has 0 aromatic heterocycles.